The van der Waals surface area contributed by atoms with Crippen molar-refractivity contribution in [1.29, 1.82) is 0 Å². The molecule has 2 bridgehead atoms. The molecule has 2 atom stereocenters. The second kappa shape index (κ2) is 7.21. The summed E-state index contributed by atoms with van der Waals surface area (Å²) in [5, 5.41) is 0. The van der Waals surface area contributed by atoms with E-state index in [0.717, 1.165) is 26.3 Å². The fourth-order valence-corrected chi connectivity index (χ4v) is 3.51. The molecule has 1 aromatic rings. The van der Waals surface area contributed by atoms with Crippen molar-refractivity contribution in [1.82, 2.24) is 14.7 Å². The maximum atomic E-state index is 4.33. The smallest absolute Gasteiger partial charge is 0.0509 e. The molecule has 3 nitrogen and oxygen atoms in total. The van der Waals surface area contributed by atoms with E-state index >= 15 is 0 Å². The van der Waals surface area contributed by atoms with Gasteiger partial charge in [-0.3, -0.25) is 14.7 Å². The number of fused-ring (bicyclic) bond motifs is 2. The second-order valence-corrected chi connectivity index (χ2v) is 6.47. The van der Waals surface area contributed by atoms with Gasteiger partial charge in [-0.1, -0.05) is 36.9 Å². The Kier molecular flexibility index (Phi) is 5.07. The van der Waals surface area contributed by atoms with E-state index in [2.05, 4.69) is 51.6 Å². The van der Waals surface area contributed by atoms with Crippen LogP contribution in [0, 0.1) is 0 Å². The monoisotopic (exact) mass is 285 g/mol. The minimum absolute atomic E-state index is 1.03. The summed E-state index contributed by atoms with van der Waals surface area (Å²) in [6, 6.07) is 10.8. The van der Waals surface area contributed by atoms with Gasteiger partial charge in [0.2, 0.25) is 0 Å². The van der Waals surface area contributed by atoms with Gasteiger partial charge in [-0.05, 0) is 24.0 Å². The molecule has 0 radical (unpaired) electrons. The van der Waals surface area contributed by atoms with Gasteiger partial charge >= 0.3 is 0 Å². The third-order valence-corrected chi connectivity index (χ3v) is 4.44. The van der Waals surface area contributed by atoms with Crippen molar-refractivity contribution in [2.75, 3.05) is 45.9 Å². The number of rotatable bonds is 2. The van der Waals surface area contributed by atoms with Crippen molar-refractivity contribution < 1.29 is 0 Å². The third-order valence-electron chi connectivity index (χ3n) is 4.44. The lowest BCUT2D eigenvalue weighted by Gasteiger charge is -2.38. The Labute approximate surface area is 128 Å². The van der Waals surface area contributed by atoms with Crippen LogP contribution < -0.4 is 0 Å². The van der Waals surface area contributed by atoms with Crippen LogP contribution in [0.15, 0.2) is 42.5 Å². The first-order chi connectivity index (χ1) is 10.3. The highest BCUT2D eigenvalue weighted by molar-refractivity contribution is 5.15. The van der Waals surface area contributed by atoms with Crippen LogP contribution in [0.2, 0.25) is 0 Å². The quantitative estimate of drug-likeness (QED) is 0.773. The lowest BCUT2D eigenvalue weighted by molar-refractivity contribution is 0.0817. The summed E-state index contributed by atoms with van der Waals surface area (Å²) in [4.78, 5) is 7.71. The molecule has 2 fully saturated rings. The fourth-order valence-electron chi connectivity index (χ4n) is 3.51. The second-order valence-electron chi connectivity index (χ2n) is 6.47. The molecule has 2 saturated heterocycles. The van der Waals surface area contributed by atoms with E-state index in [0.29, 0.717) is 0 Å². The molecule has 0 amide bonds. The molecular weight excluding hydrogens is 258 g/mol. The van der Waals surface area contributed by atoms with E-state index in [4.69, 9.17) is 0 Å². The molecule has 21 heavy (non-hydrogen) atoms. The fraction of sp³-hybridized carbons (Fsp3) is 0.556. The van der Waals surface area contributed by atoms with Crippen molar-refractivity contribution in [3.05, 3.63) is 48.0 Å². The first kappa shape index (κ1) is 14.8. The standard InChI is InChI=1S/C18H27N3/c1-17-13-20(15-18-7-3-2-4-8-18)11-5-9-19-10-6-12-21(14-17)16-19/h2-4,7-8H,1,5-6,9-16H2. The maximum absolute atomic E-state index is 4.33. The molecule has 0 saturated carbocycles. The van der Waals surface area contributed by atoms with Gasteiger partial charge in [0.25, 0.3) is 0 Å². The summed E-state index contributed by atoms with van der Waals surface area (Å²) in [7, 11) is 0. The van der Waals surface area contributed by atoms with Crippen LogP contribution in [0.4, 0.5) is 0 Å². The molecule has 0 aliphatic carbocycles. The topological polar surface area (TPSA) is 9.72 Å². The first-order valence-electron chi connectivity index (χ1n) is 8.17. The Morgan fingerprint density at radius 2 is 1.57 bits per heavy atom. The summed E-state index contributed by atoms with van der Waals surface area (Å²) in [5.74, 6) is 0. The van der Waals surface area contributed by atoms with E-state index in [1.165, 1.54) is 50.2 Å². The van der Waals surface area contributed by atoms with Crippen LogP contribution in [-0.2, 0) is 6.54 Å². The highest BCUT2D eigenvalue weighted by Crippen LogP contribution is 2.14. The minimum Gasteiger partial charge on any atom is -0.295 e. The van der Waals surface area contributed by atoms with Gasteiger partial charge in [0.15, 0.2) is 0 Å². The van der Waals surface area contributed by atoms with Crippen molar-refractivity contribution in [3.8, 4) is 0 Å². The van der Waals surface area contributed by atoms with E-state index in [1.807, 2.05) is 0 Å². The van der Waals surface area contributed by atoms with Crippen molar-refractivity contribution >= 4 is 0 Å². The Hall–Kier alpha value is -1.16. The molecule has 2 heterocycles. The average molecular weight is 285 g/mol. The maximum Gasteiger partial charge on any atom is 0.0509 e. The first-order valence-corrected chi connectivity index (χ1v) is 8.17. The summed E-state index contributed by atoms with van der Waals surface area (Å²) in [5.41, 5.74) is 2.76. The highest BCUT2D eigenvalue weighted by Gasteiger charge is 2.20. The van der Waals surface area contributed by atoms with E-state index in [1.54, 1.807) is 0 Å². The molecular formula is C18H27N3. The van der Waals surface area contributed by atoms with Gasteiger partial charge < -0.3 is 0 Å². The van der Waals surface area contributed by atoms with E-state index in [-0.39, 0.29) is 0 Å². The van der Waals surface area contributed by atoms with Crippen LogP contribution in [-0.4, -0.2) is 60.6 Å². The van der Waals surface area contributed by atoms with Gasteiger partial charge in [0.05, 0.1) is 6.67 Å². The lowest BCUT2D eigenvalue weighted by Crippen LogP contribution is -2.47. The lowest BCUT2D eigenvalue weighted by atomic mass is 10.1. The summed E-state index contributed by atoms with van der Waals surface area (Å²) in [6.45, 7) is 13.5. The Morgan fingerprint density at radius 3 is 2.38 bits per heavy atom. The minimum atomic E-state index is 1.03. The van der Waals surface area contributed by atoms with E-state index in [9.17, 15) is 0 Å². The van der Waals surface area contributed by atoms with Gasteiger partial charge in [-0.15, -0.1) is 0 Å². The van der Waals surface area contributed by atoms with Gasteiger partial charge in [-0.25, -0.2) is 0 Å². The van der Waals surface area contributed by atoms with Crippen LogP contribution in [0.25, 0.3) is 0 Å². The number of hydrogen-bond donors (Lipinski definition) is 0. The largest absolute Gasteiger partial charge is 0.295 e. The molecule has 114 valence electrons. The predicted molar refractivity (Wildman–Crippen MR) is 88.1 cm³/mol. The molecule has 2 aliphatic rings. The number of hydrogen-bond acceptors (Lipinski definition) is 3. The highest BCUT2D eigenvalue weighted by atomic mass is 15.3. The normalized spacial score (nSPS) is 28.3. The average Bonchev–Trinajstić information content (AvgIpc) is 2.48. The molecule has 2 aliphatic heterocycles. The zero-order valence-electron chi connectivity index (χ0n) is 13.0. The molecule has 0 N–H and O–H groups in total. The van der Waals surface area contributed by atoms with Gasteiger partial charge in [-0.2, -0.15) is 0 Å². The molecule has 2 unspecified atom stereocenters. The SMILES string of the molecule is C=C1CN(Cc2ccccc2)CCCN2CCCN(C1)C2. The van der Waals surface area contributed by atoms with Crippen LogP contribution >= 0.6 is 0 Å². The van der Waals surface area contributed by atoms with Gasteiger partial charge in [0.1, 0.15) is 0 Å². The van der Waals surface area contributed by atoms with Gasteiger partial charge in [0, 0.05) is 45.8 Å². The predicted octanol–water partition coefficient (Wildman–Crippen LogP) is 2.41. The summed E-state index contributed by atoms with van der Waals surface area (Å²) >= 11 is 0. The molecule has 3 rings (SSSR count). The van der Waals surface area contributed by atoms with Crippen LogP contribution in [0.1, 0.15) is 18.4 Å². The zero-order chi connectivity index (χ0) is 14.5. The Balaban J connectivity index is 1.63. The molecule has 0 aromatic heterocycles. The summed E-state index contributed by atoms with van der Waals surface area (Å²) in [6.07, 6.45) is 2.56. The van der Waals surface area contributed by atoms with Crippen molar-refractivity contribution in [2.45, 2.75) is 19.4 Å². The Bertz CT molecular complexity index is 457. The van der Waals surface area contributed by atoms with Crippen LogP contribution in [0.3, 0.4) is 0 Å². The summed E-state index contributed by atoms with van der Waals surface area (Å²) < 4.78 is 0. The molecule has 0 spiro atoms. The van der Waals surface area contributed by atoms with E-state index < -0.39 is 0 Å². The number of nitrogens with zero attached hydrogens (tertiary/aromatic N) is 3. The van der Waals surface area contributed by atoms with Crippen molar-refractivity contribution in [2.24, 2.45) is 0 Å². The number of benzene rings is 1. The van der Waals surface area contributed by atoms with Crippen molar-refractivity contribution in [3.63, 3.8) is 0 Å². The molecule has 1 aromatic carbocycles. The van der Waals surface area contributed by atoms with Crippen LogP contribution in [0.5, 0.6) is 0 Å². The zero-order valence-corrected chi connectivity index (χ0v) is 13.0. The molecule has 3 heteroatoms. The Morgan fingerprint density at radius 1 is 0.857 bits per heavy atom. The third kappa shape index (κ3) is 4.40.